The van der Waals surface area contributed by atoms with E-state index in [1.54, 1.807) is 7.05 Å². The quantitative estimate of drug-likeness (QED) is 0.833. The van der Waals surface area contributed by atoms with Gasteiger partial charge in [0.2, 0.25) is 0 Å². The molecule has 1 N–H and O–H groups in total. The van der Waals surface area contributed by atoms with Gasteiger partial charge in [0.1, 0.15) is 0 Å². The van der Waals surface area contributed by atoms with Gasteiger partial charge in [-0.15, -0.1) is 0 Å². The average Bonchev–Trinajstić information content (AvgIpc) is 2.91. The minimum atomic E-state index is 1.10. The van der Waals surface area contributed by atoms with Gasteiger partial charge in [0.15, 0.2) is 0 Å². The van der Waals surface area contributed by atoms with Crippen molar-refractivity contribution >= 4 is 23.6 Å². The lowest BCUT2D eigenvalue weighted by molar-refractivity contribution is 1.13. The molecular formula is C16H19N3. The van der Waals surface area contributed by atoms with Gasteiger partial charge in [-0.05, 0) is 35.4 Å². The van der Waals surface area contributed by atoms with E-state index >= 15 is 0 Å². The van der Waals surface area contributed by atoms with Crippen molar-refractivity contribution in [2.75, 3.05) is 26.0 Å². The molecular weight excluding hydrogens is 234 g/mol. The van der Waals surface area contributed by atoms with E-state index in [1.807, 2.05) is 38.8 Å². The average molecular weight is 253 g/mol. The second-order valence-corrected chi connectivity index (χ2v) is 4.57. The number of hydrogen-bond acceptors (Lipinski definition) is 2. The van der Waals surface area contributed by atoms with E-state index < -0.39 is 0 Å². The van der Waals surface area contributed by atoms with Gasteiger partial charge in [0, 0.05) is 51.0 Å². The van der Waals surface area contributed by atoms with Crippen LogP contribution in [0, 0.1) is 0 Å². The van der Waals surface area contributed by atoms with Gasteiger partial charge in [-0.25, -0.2) is 0 Å². The lowest BCUT2D eigenvalue weighted by atomic mass is 10.0. The Labute approximate surface area is 114 Å². The zero-order valence-corrected chi connectivity index (χ0v) is 11.6. The highest BCUT2D eigenvalue weighted by molar-refractivity contribution is 6.15. The zero-order valence-electron chi connectivity index (χ0n) is 11.6. The van der Waals surface area contributed by atoms with Crippen LogP contribution in [0.2, 0.25) is 0 Å². The van der Waals surface area contributed by atoms with E-state index in [2.05, 4.69) is 45.2 Å². The third-order valence-corrected chi connectivity index (χ3v) is 2.93. The molecule has 0 saturated carbocycles. The van der Waals surface area contributed by atoms with Gasteiger partial charge in [-0.3, -0.25) is 4.99 Å². The topological polar surface area (TPSA) is 31.4 Å². The summed E-state index contributed by atoms with van der Waals surface area (Å²) in [4.78, 5) is 9.28. The molecule has 0 atom stereocenters. The van der Waals surface area contributed by atoms with Crippen LogP contribution in [-0.4, -0.2) is 32.3 Å². The van der Waals surface area contributed by atoms with Crippen LogP contribution < -0.4 is 4.90 Å². The summed E-state index contributed by atoms with van der Waals surface area (Å²) in [6.07, 6.45) is 7.89. The maximum Gasteiger partial charge on any atom is 0.0361 e. The van der Waals surface area contributed by atoms with Crippen molar-refractivity contribution in [1.82, 2.24) is 4.98 Å². The number of benzene rings is 1. The molecule has 0 radical (unpaired) electrons. The van der Waals surface area contributed by atoms with Crippen molar-refractivity contribution in [1.29, 1.82) is 0 Å². The molecule has 0 spiro atoms. The van der Waals surface area contributed by atoms with E-state index in [4.69, 9.17) is 0 Å². The molecule has 19 heavy (non-hydrogen) atoms. The molecule has 3 nitrogen and oxygen atoms in total. The first-order valence-electron chi connectivity index (χ1n) is 6.25. The smallest absolute Gasteiger partial charge is 0.0361 e. The number of nitrogens with one attached hydrogen (secondary N) is 1. The molecule has 1 aromatic heterocycles. The molecule has 0 aliphatic heterocycles. The van der Waals surface area contributed by atoms with Crippen molar-refractivity contribution < 1.29 is 0 Å². The summed E-state index contributed by atoms with van der Waals surface area (Å²) >= 11 is 0. The van der Waals surface area contributed by atoms with E-state index in [0.29, 0.717) is 0 Å². The Morgan fingerprint density at radius 1 is 1.16 bits per heavy atom. The van der Waals surface area contributed by atoms with Crippen LogP contribution in [0.4, 0.5) is 5.69 Å². The van der Waals surface area contributed by atoms with Crippen LogP contribution in [0.1, 0.15) is 11.1 Å². The monoisotopic (exact) mass is 253 g/mol. The molecule has 0 bridgehead atoms. The second kappa shape index (κ2) is 6.05. The van der Waals surface area contributed by atoms with Crippen molar-refractivity contribution in [2.24, 2.45) is 4.99 Å². The van der Waals surface area contributed by atoms with Crippen molar-refractivity contribution in [3.8, 4) is 0 Å². The van der Waals surface area contributed by atoms with Gasteiger partial charge in [-0.1, -0.05) is 12.1 Å². The van der Waals surface area contributed by atoms with Crippen LogP contribution in [0.15, 0.2) is 47.7 Å². The summed E-state index contributed by atoms with van der Waals surface area (Å²) in [6, 6.07) is 10.5. The standard InChI is InChI=1S/C16H19N3/c1-17-12-15(10-13-8-9-18-11-13)14-4-6-16(7-5-14)19(2)3/h4-12,18H,1-3H3/b15-10+,17-12?. The van der Waals surface area contributed by atoms with Crippen LogP contribution in [0.5, 0.6) is 0 Å². The number of aromatic amines is 1. The molecule has 3 heteroatoms. The number of aliphatic imine (C=N–C) groups is 1. The van der Waals surface area contributed by atoms with Crippen molar-refractivity contribution in [3.63, 3.8) is 0 Å². The van der Waals surface area contributed by atoms with Gasteiger partial charge < -0.3 is 9.88 Å². The molecule has 0 aliphatic carbocycles. The maximum absolute atomic E-state index is 4.14. The third-order valence-electron chi connectivity index (χ3n) is 2.93. The molecule has 0 saturated heterocycles. The number of H-pyrrole nitrogens is 1. The fourth-order valence-corrected chi connectivity index (χ4v) is 1.89. The summed E-state index contributed by atoms with van der Waals surface area (Å²) in [5.41, 5.74) is 4.61. The summed E-state index contributed by atoms with van der Waals surface area (Å²) in [5, 5.41) is 0. The molecule has 2 aromatic rings. The van der Waals surface area contributed by atoms with E-state index in [-0.39, 0.29) is 0 Å². The summed E-state index contributed by atoms with van der Waals surface area (Å²) in [6.45, 7) is 0. The maximum atomic E-state index is 4.14. The fraction of sp³-hybridized carbons (Fsp3) is 0.188. The highest BCUT2D eigenvalue weighted by atomic mass is 15.1. The highest BCUT2D eigenvalue weighted by Gasteiger charge is 2.01. The Morgan fingerprint density at radius 3 is 2.42 bits per heavy atom. The molecule has 1 aromatic carbocycles. The minimum Gasteiger partial charge on any atom is -0.378 e. The van der Waals surface area contributed by atoms with Gasteiger partial charge in [0.25, 0.3) is 0 Å². The first-order valence-corrected chi connectivity index (χ1v) is 6.25. The molecule has 0 fully saturated rings. The van der Waals surface area contributed by atoms with Crippen LogP contribution in [0.25, 0.3) is 11.6 Å². The Bertz CT molecular complexity index is 561. The number of nitrogens with zero attached hydrogens (tertiary/aromatic N) is 2. The second-order valence-electron chi connectivity index (χ2n) is 4.57. The van der Waals surface area contributed by atoms with Crippen molar-refractivity contribution in [2.45, 2.75) is 0 Å². The lowest BCUT2D eigenvalue weighted by Gasteiger charge is -2.12. The number of rotatable bonds is 4. The van der Waals surface area contributed by atoms with E-state index in [9.17, 15) is 0 Å². The SMILES string of the molecule is CN=C/C(=C\c1cc[nH]c1)c1ccc(N(C)C)cc1. The largest absolute Gasteiger partial charge is 0.378 e. The number of allylic oxidation sites excluding steroid dienone is 1. The van der Waals surface area contributed by atoms with Gasteiger partial charge in [-0.2, -0.15) is 0 Å². The zero-order chi connectivity index (χ0) is 13.7. The molecule has 0 unspecified atom stereocenters. The van der Waals surface area contributed by atoms with E-state index in [1.165, 1.54) is 5.69 Å². The van der Waals surface area contributed by atoms with Crippen LogP contribution in [-0.2, 0) is 0 Å². The summed E-state index contributed by atoms with van der Waals surface area (Å²) in [5.74, 6) is 0. The fourth-order valence-electron chi connectivity index (χ4n) is 1.89. The Hall–Kier alpha value is -2.29. The summed E-state index contributed by atoms with van der Waals surface area (Å²) < 4.78 is 0. The molecule has 2 rings (SSSR count). The molecule has 1 heterocycles. The van der Waals surface area contributed by atoms with Crippen LogP contribution >= 0.6 is 0 Å². The first-order chi connectivity index (χ1) is 9.20. The van der Waals surface area contributed by atoms with Crippen LogP contribution in [0.3, 0.4) is 0 Å². The third kappa shape index (κ3) is 3.35. The van der Waals surface area contributed by atoms with Gasteiger partial charge >= 0.3 is 0 Å². The summed E-state index contributed by atoms with van der Waals surface area (Å²) in [7, 11) is 5.87. The van der Waals surface area contributed by atoms with E-state index in [0.717, 1.165) is 16.7 Å². The Balaban J connectivity index is 2.34. The Morgan fingerprint density at radius 2 is 1.89 bits per heavy atom. The highest BCUT2D eigenvalue weighted by Crippen LogP contribution is 2.20. The van der Waals surface area contributed by atoms with Crippen molar-refractivity contribution in [3.05, 3.63) is 53.9 Å². The molecule has 98 valence electrons. The Kier molecular flexibility index (Phi) is 4.18. The minimum absolute atomic E-state index is 1.10. The predicted molar refractivity (Wildman–Crippen MR) is 83.8 cm³/mol. The number of anilines is 1. The lowest BCUT2D eigenvalue weighted by Crippen LogP contribution is -2.08. The number of hydrogen-bond donors (Lipinski definition) is 1. The number of aromatic nitrogens is 1. The predicted octanol–water partition coefficient (Wildman–Crippen LogP) is 3.32. The molecule has 0 amide bonds. The first kappa shape index (κ1) is 13.1. The van der Waals surface area contributed by atoms with Gasteiger partial charge in [0.05, 0.1) is 0 Å². The normalized spacial score (nSPS) is 12.1. The molecule has 0 aliphatic rings.